The molecule has 0 saturated carbocycles. The summed E-state index contributed by atoms with van der Waals surface area (Å²) < 4.78 is 50.6. The summed E-state index contributed by atoms with van der Waals surface area (Å²) in [6, 6.07) is 0. The fourth-order valence-electron chi connectivity index (χ4n) is 4.02. The molecule has 0 radical (unpaired) electrons. The number of hydrogen-bond acceptors (Lipinski definition) is 15. The Hall–Kier alpha value is -0.630. The molecule has 0 spiro atoms. The molecule has 36 heavy (non-hydrogen) atoms. The van der Waals surface area contributed by atoms with Crippen LogP contribution in [-0.2, 0) is 32.0 Å². The molecule has 4 aliphatic heterocycles. The molecule has 6 N–H and O–H groups in total. The Bertz CT molecular complexity index is 1290. The zero-order valence-electron chi connectivity index (χ0n) is 18.4. The van der Waals surface area contributed by atoms with Gasteiger partial charge in [0.15, 0.2) is 29.1 Å². The number of aromatic nitrogens is 4. The molecule has 18 nitrogen and oxygen atoms in total. The minimum absolute atomic E-state index is 0. The van der Waals surface area contributed by atoms with Gasteiger partial charge in [-0.1, -0.05) is 0 Å². The summed E-state index contributed by atoms with van der Waals surface area (Å²) in [5.74, 6) is 0. The van der Waals surface area contributed by atoms with Crippen molar-refractivity contribution in [2.45, 2.75) is 49.1 Å². The van der Waals surface area contributed by atoms with Crippen molar-refractivity contribution in [2.24, 2.45) is 0 Å². The third kappa shape index (κ3) is 5.03. The number of phosphoric acid groups is 2. The van der Waals surface area contributed by atoms with Gasteiger partial charge in [0.2, 0.25) is 0 Å². The van der Waals surface area contributed by atoms with Crippen molar-refractivity contribution in [1.82, 2.24) is 19.1 Å². The van der Waals surface area contributed by atoms with E-state index >= 15 is 0 Å². The second-order valence-corrected chi connectivity index (χ2v) is 11.0. The fraction of sp³-hybridized carbons (Fsp3) is 0.667. The van der Waals surface area contributed by atoms with Gasteiger partial charge >= 0.3 is 37.4 Å². The third-order valence-electron chi connectivity index (χ3n) is 5.78. The Morgan fingerprint density at radius 2 is 1.44 bits per heavy atom. The predicted molar refractivity (Wildman–Crippen MR) is 104 cm³/mol. The quantitative estimate of drug-likeness (QED) is 0.129. The Balaban J connectivity index is 0.00000304. The maximum absolute atomic E-state index is 12.1. The van der Waals surface area contributed by atoms with E-state index < -0.39 is 77.9 Å². The van der Waals surface area contributed by atoms with Gasteiger partial charge in [-0.15, -0.1) is 0 Å². The maximum atomic E-state index is 12.1. The molecular formula is C15H20N5NaO13P2. The molecule has 0 aromatic carbocycles. The normalized spacial score (nSPS) is 43.4. The van der Waals surface area contributed by atoms with E-state index in [9.17, 15) is 39.3 Å². The summed E-state index contributed by atoms with van der Waals surface area (Å²) in [6.45, 7) is -1.80. The number of imidazole rings is 1. The molecule has 2 aromatic heterocycles. The van der Waals surface area contributed by atoms with Crippen LogP contribution in [0.1, 0.15) is 12.5 Å². The van der Waals surface area contributed by atoms with Gasteiger partial charge in [0.1, 0.15) is 43.0 Å². The molecule has 194 valence electrons. The SMILES string of the molecule is N=c1c2ncn3c2ncn1[C@@H]1O[C@H](COP(=O)(O)OP(=O)([O-])OC[C@H]2O[C@@H]3[C@H](O)[C@@H]2O)[C@@H](O)[C@H]1O.[Na+]. The minimum atomic E-state index is -5.50. The van der Waals surface area contributed by atoms with Crippen molar-refractivity contribution in [3.8, 4) is 0 Å². The standard InChI is InChI=1S/C15H21N5O13P2.Na/c16-12-7-13-18-4-19(12)14-10(23)8(21)5(31-14)1-29-34(25,26)33-35(27,28)30-2-6-9(22)11(24)15(32-6)20(13)3-17-7;/h3-6,8-11,14-16,21-24H,1-2H2,(H,25,26)(H,27,28);/q;+1/p-1/t5-,6-,8-,9-,10-,11-,14-,15-;/m1./s1. The number of aliphatic hydroxyl groups excluding tert-OH is 4. The van der Waals surface area contributed by atoms with E-state index in [1.807, 2.05) is 0 Å². The van der Waals surface area contributed by atoms with Gasteiger partial charge in [0, 0.05) is 0 Å². The van der Waals surface area contributed by atoms with Crippen molar-refractivity contribution >= 4 is 26.8 Å². The molecule has 2 fully saturated rings. The van der Waals surface area contributed by atoms with E-state index in [0.29, 0.717) is 0 Å². The van der Waals surface area contributed by atoms with Crippen LogP contribution < -0.4 is 39.9 Å². The van der Waals surface area contributed by atoms with E-state index in [1.54, 1.807) is 0 Å². The third-order valence-corrected chi connectivity index (χ3v) is 8.35. The Morgan fingerprint density at radius 1 is 0.917 bits per heavy atom. The van der Waals surface area contributed by atoms with Crippen LogP contribution in [0.3, 0.4) is 0 Å². The van der Waals surface area contributed by atoms with Crippen molar-refractivity contribution in [1.29, 1.82) is 5.41 Å². The van der Waals surface area contributed by atoms with E-state index in [1.165, 1.54) is 10.9 Å². The number of ether oxygens (including phenoxy) is 2. The number of phosphoric ester groups is 2. The molecule has 4 aliphatic rings. The van der Waals surface area contributed by atoms with Crippen molar-refractivity contribution < 1.29 is 91.7 Å². The molecule has 0 aliphatic carbocycles. The zero-order chi connectivity index (χ0) is 25.3. The topological polar surface area (TPSA) is 264 Å². The fourth-order valence-corrected chi connectivity index (χ4v) is 6.08. The van der Waals surface area contributed by atoms with E-state index in [0.717, 1.165) is 10.9 Å². The maximum Gasteiger partial charge on any atom is 1.00 e. The van der Waals surface area contributed by atoms with Gasteiger partial charge in [-0.25, -0.2) is 18.8 Å². The Labute approximate surface area is 223 Å². The molecule has 10 atom stereocenters. The first-order valence-corrected chi connectivity index (χ1v) is 13.0. The molecule has 8 bridgehead atoms. The van der Waals surface area contributed by atoms with Crippen LogP contribution in [0.25, 0.3) is 11.2 Å². The number of hydrogen-bond donors (Lipinski definition) is 6. The zero-order valence-corrected chi connectivity index (χ0v) is 22.2. The molecule has 6 rings (SSSR count). The van der Waals surface area contributed by atoms with Crippen molar-refractivity contribution in [3.05, 3.63) is 18.1 Å². The average molecular weight is 563 g/mol. The van der Waals surface area contributed by atoms with Gasteiger partial charge in [-0.2, -0.15) is 0 Å². The number of rotatable bonds is 0. The van der Waals surface area contributed by atoms with Gasteiger partial charge < -0.3 is 44.2 Å². The minimum Gasteiger partial charge on any atom is -0.756 e. The number of nitrogens with one attached hydrogen (secondary N) is 1. The van der Waals surface area contributed by atoms with Gasteiger partial charge in [-0.05, 0) is 0 Å². The van der Waals surface area contributed by atoms with Crippen LogP contribution in [0.15, 0.2) is 12.7 Å². The molecule has 2 aromatic rings. The first kappa shape index (κ1) is 28.4. The van der Waals surface area contributed by atoms with Gasteiger partial charge in [0.25, 0.3) is 7.82 Å². The average Bonchev–Trinajstić information content (AvgIpc) is 3.41. The number of nitrogens with zero attached hydrogens (tertiary/aromatic N) is 4. The molecule has 2 saturated heterocycles. The van der Waals surface area contributed by atoms with Crippen molar-refractivity contribution in [3.63, 3.8) is 0 Å². The van der Waals surface area contributed by atoms with E-state index in [2.05, 4.69) is 23.3 Å². The predicted octanol–water partition coefficient (Wildman–Crippen LogP) is -6.41. The van der Waals surface area contributed by atoms with Crippen LogP contribution in [0, 0.1) is 5.41 Å². The number of aliphatic hydroxyl groups is 4. The van der Waals surface area contributed by atoms with Crippen LogP contribution >= 0.6 is 15.6 Å². The van der Waals surface area contributed by atoms with Crippen molar-refractivity contribution in [2.75, 3.05) is 13.2 Å². The van der Waals surface area contributed by atoms with Crippen LogP contribution in [0.5, 0.6) is 0 Å². The summed E-state index contributed by atoms with van der Waals surface area (Å²) in [5.41, 5.74) is -0.304. The van der Waals surface area contributed by atoms with Crippen LogP contribution in [-0.4, -0.2) is 94.3 Å². The first-order chi connectivity index (χ1) is 16.4. The van der Waals surface area contributed by atoms with Gasteiger partial charge in [-0.3, -0.25) is 23.6 Å². The monoisotopic (exact) mass is 563 g/mol. The molecule has 2 unspecified atom stereocenters. The summed E-state index contributed by atoms with van der Waals surface area (Å²) in [5, 5.41) is 49.9. The summed E-state index contributed by atoms with van der Waals surface area (Å²) in [7, 11) is -10.8. The largest absolute Gasteiger partial charge is 1.00 e. The van der Waals surface area contributed by atoms with E-state index in [4.69, 9.17) is 14.9 Å². The summed E-state index contributed by atoms with van der Waals surface area (Å²) in [6.07, 6.45) is -9.90. The van der Waals surface area contributed by atoms with E-state index in [-0.39, 0.29) is 46.2 Å². The number of fused-ring (bicyclic) bond motifs is 7. The van der Waals surface area contributed by atoms with Crippen LogP contribution in [0.2, 0.25) is 0 Å². The summed E-state index contributed by atoms with van der Waals surface area (Å²) in [4.78, 5) is 30.1. The molecular weight excluding hydrogens is 543 g/mol. The van der Waals surface area contributed by atoms with Gasteiger partial charge in [0.05, 0.1) is 19.5 Å². The second kappa shape index (κ2) is 10.2. The van der Waals surface area contributed by atoms with Crippen LogP contribution in [0.4, 0.5) is 0 Å². The molecule has 6 heterocycles. The molecule has 0 amide bonds. The first-order valence-electron chi connectivity index (χ1n) is 10.0. The Kier molecular flexibility index (Phi) is 8.01. The second-order valence-electron chi connectivity index (χ2n) is 8.01. The Morgan fingerprint density at radius 3 is 2.06 bits per heavy atom. The molecule has 21 heteroatoms. The summed E-state index contributed by atoms with van der Waals surface area (Å²) >= 11 is 0. The smallest absolute Gasteiger partial charge is 0.756 e.